The molecule has 2 aromatic carbocycles. The molecule has 0 saturated carbocycles. The van der Waals surface area contributed by atoms with Crippen molar-refractivity contribution in [2.75, 3.05) is 0 Å². The third kappa shape index (κ3) is 3.29. The molecule has 0 amide bonds. The summed E-state index contributed by atoms with van der Waals surface area (Å²) in [5.41, 5.74) is 6.01. The number of nitro groups is 1. The fourth-order valence-electron chi connectivity index (χ4n) is 1.81. The quantitative estimate of drug-likeness (QED) is 0.678. The lowest BCUT2D eigenvalue weighted by Crippen LogP contribution is -2.07. The standard InChI is InChI=1S/C14H12ClFN2O3/c1-8(17)10-3-2-4-12(16)14(10)21-9-5-6-13(18(19)20)11(15)7-9/h2-8H,17H2,1H3/t8-/m0/s1. The summed E-state index contributed by atoms with van der Waals surface area (Å²) in [5.74, 6) is -0.394. The third-order valence-electron chi connectivity index (χ3n) is 2.82. The van der Waals surface area contributed by atoms with Crippen molar-refractivity contribution in [1.29, 1.82) is 0 Å². The first-order valence-electron chi connectivity index (χ1n) is 6.06. The number of halogens is 2. The number of nitrogens with two attached hydrogens (primary N) is 1. The average molecular weight is 311 g/mol. The normalized spacial score (nSPS) is 12.0. The van der Waals surface area contributed by atoms with Gasteiger partial charge in [-0.1, -0.05) is 23.7 Å². The van der Waals surface area contributed by atoms with E-state index in [9.17, 15) is 14.5 Å². The molecule has 2 aromatic rings. The van der Waals surface area contributed by atoms with Crippen LogP contribution < -0.4 is 10.5 Å². The van der Waals surface area contributed by atoms with Crippen molar-refractivity contribution in [3.05, 3.63) is 62.9 Å². The van der Waals surface area contributed by atoms with E-state index in [1.807, 2.05) is 0 Å². The van der Waals surface area contributed by atoms with Crippen molar-refractivity contribution in [2.45, 2.75) is 13.0 Å². The molecule has 0 bridgehead atoms. The fraction of sp³-hybridized carbons (Fsp3) is 0.143. The molecule has 0 aromatic heterocycles. The number of benzene rings is 2. The largest absolute Gasteiger partial charge is 0.454 e. The highest BCUT2D eigenvalue weighted by Crippen LogP contribution is 2.34. The summed E-state index contributed by atoms with van der Waals surface area (Å²) in [6.45, 7) is 1.70. The van der Waals surface area contributed by atoms with E-state index in [1.165, 1.54) is 30.3 Å². The van der Waals surface area contributed by atoms with Gasteiger partial charge in [0.2, 0.25) is 0 Å². The summed E-state index contributed by atoms with van der Waals surface area (Å²) in [6, 6.07) is 7.81. The molecule has 1 atom stereocenters. The van der Waals surface area contributed by atoms with E-state index in [2.05, 4.69) is 0 Å². The Hall–Kier alpha value is -2.18. The highest BCUT2D eigenvalue weighted by Gasteiger charge is 2.17. The Morgan fingerprint density at radius 3 is 2.67 bits per heavy atom. The molecule has 110 valence electrons. The molecular formula is C14H12ClFN2O3. The number of ether oxygens (including phenoxy) is 1. The molecule has 2 rings (SSSR count). The van der Waals surface area contributed by atoms with E-state index in [0.717, 1.165) is 0 Å². The van der Waals surface area contributed by atoms with Crippen LogP contribution in [0, 0.1) is 15.9 Å². The topological polar surface area (TPSA) is 78.4 Å². The van der Waals surface area contributed by atoms with Gasteiger partial charge in [-0.2, -0.15) is 0 Å². The average Bonchev–Trinajstić information content (AvgIpc) is 2.40. The first-order valence-corrected chi connectivity index (χ1v) is 6.43. The SMILES string of the molecule is C[C@H](N)c1cccc(F)c1Oc1ccc([N+](=O)[O-])c(Cl)c1. The molecular weight excluding hydrogens is 299 g/mol. The molecule has 21 heavy (non-hydrogen) atoms. The van der Waals surface area contributed by atoms with Crippen molar-refractivity contribution in [1.82, 2.24) is 0 Å². The van der Waals surface area contributed by atoms with Crippen molar-refractivity contribution in [3.8, 4) is 11.5 Å². The minimum Gasteiger partial charge on any atom is -0.454 e. The van der Waals surface area contributed by atoms with Gasteiger partial charge in [-0.3, -0.25) is 10.1 Å². The Morgan fingerprint density at radius 2 is 2.10 bits per heavy atom. The van der Waals surface area contributed by atoms with Crippen LogP contribution in [0.2, 0.25) is 5.02 Å². The summed E-state index contributed by atoms with van der Waals surface area (Å²) < 4.78 is 19.3. The second-order valence-electron chi connectivity index (χ2n) is 4.42. The summed E-state index contributed by atoms with van der Waals surface area (Å²) in [6.07, 6.45) is 0. The van der Waals surface area contributed by atoms with Crippen LogP contribution in [0.15, 0.2) is 36.4 Å². The molecule has 0 aliphatic rings. The maximum Gasteiger partial charge on any atom is 0.288 e. The molecule has 0 fully saturated rings. The Balaban J connectivity index is 2.39. The number of nitrogens with zero attached hydrogens (tertiary/aromatic N) is 1. The van der Waals surface area contributed by atoms with Crippen LogP contribution >= 0.6 is 11.6 Å². The van der Waals surface area contributed by atoms with Gasteiger partial charge in [0, 0.05) is 23.7 Å². The van der Waals surface area contributed by atoms with E-state index in [1.54, 1.807) is 13.0 Å². The highest BCUT2D eigenvalue weighted by molar-refractivity contribution is 6.32. The van der Waals surface area contributed by atoms with Gasteiger partial charge in [0.05, 0.1) is 4.92 Å². The van der Waals surface area contributed by atoms with Crippen molar-refractivity contribution in [2.24, 2.45) is 5.73 Å². The van der Waals surface area contributed by atoms with Gasteiger partial charge < -0.3 is 10.5 Å². The van der Waals surface area contributed by atoms with Gasteiger partial charge in [0.25, 0.3) is 5.69 Å². The van der Waals surface area contributed by atoms with E-state index >= 15 is 0 Å². The molecule has 0 heterocycles. The summed E-state index contributed by atoms with van der Waals surface area (Å²) in [7, 11) is 0. The van der Waals surface area contributed by atoms with Gasteiger partial charge >= 0.3 is 0 Å². The lowest BCUT2D eigenvalue weighted by molar-refractivity contribution is -0.384. The van der Waals surface area contributed by atoms with Crippen LogP contribution in [0.5, 0.6) is 11.5 Å². The van der Waals surface area contributed by atoms with Crippen molar-refractivity contribution < 1.29 is 14.1 Å². The maximum atomic E-state index is 13.9. The zero-order valence-corrected chi connectivity index (χ0v) is 11.8. The number of para-hydroxylation sites is 1. The number of hydrogen-bond donors (Lipinski definition) is 1. The minimum absolute atomic E-state index is 0.0163. The summed E-state index contributed by atoms with van der Waals surface area (Å²) in [5, 5.41) is 10.6. The van der Waals surface area contributed by atoms with Crippen LogP contribution in [-0.2, 0) is 0 Å². The zero-order valence-electron chi connectivity index (χ0n) is 11.0. The van der Waals surface area contributed by atoms with E-state index < -0.39 is 16.8 Å². The molecule has 2 N–H and O–H groups in total. The molecule has 7 heteroatoms. The molecule has 0 spiro atoms. The van der Waals surface area contributed by atoms with Crippen LogP contribution in [0.3, 0.4) is 0 Å². The van der Waals surface area contributed by atoms with Crippen LogP contribution in [0.4, 0.5) is 10.1 Å². The molecule has 0 aliphatic carbocycles. The molecule has 0 aliphatic heterocycles. The number of nitro benzene ring substituents is 1. The molecule has 0 radical (unpaired) electrons. The van der Waals surface area contributed by atoms with Crippen molar-refractivity contribution >= 4 is 17.3 Å². The molecule has 0 unspecified atom stereocenters. The van der Waals surface area contributed by atoms with Crippen molar-refractivity contribution in [3.63, 3.8) is 0 Å². The van der Waals surface area contributed by atoms with E-state index in [0.29, 0.717) is 5.56 Å². The second-order valence-corrected chi connectivity index (χ2v) is 4.83. The Bertz CT molecular complexity index is 692. The lowest BCUT2D eigenvalue weighted by atomic mass is 10.1. The fourth-order valence-corrected chi connectivity index (χ4v) is 2.05. The monoisotopic (exact) mass is 310 g/mol. The lowest BCUT2D eigenvalue weighted by Gasteiger charge is -2.14. The third-order valence-corrected chi connectivity index (χ3v) is 3.13. The van der Waals surface area contributed by atoms with Crippen LogP contribution in [0.25, 0.3) is 0 Å². The highest BCUT2D eigenvalue weighted by atomic mass is 35.5. The van der Waals surface area contributed by atoms with Crippen LogP contribution in [-0.4, -0.2) is 4.92 Å². The maximum absolute atomic E-state index is 13.9. The first-order chi connectivity index (χ1) is 9.90. The second kappa shape index (κ2) is 6.07. The van der Waals surface area contributed by atoms with Gasteiger partial charge in [-0.15, -0.1) is 0 Å². The number of rotatable bonds is 4. The predicted molar refractivity (Wildman–Crippen MR) is 77.2 cm³/mol. The van der Waals surface area contributed by atoms with E-state index in [4.69, 9.17) is 22.1 Å². The van der Waals surface area contributed by atoms with Gasteiger partial charge in [-0.25, -0.2) is 4.39 Å². The Morgan fingerprint density at radius 1 is 1.38 bits per heavy atom. The van der Waals surface area contributed by atoms with Gasteiger partial charge in [0.1, 0.15) is 10.8 Å². The van der Waals surface area contributed by atoms with Crippen LogP contribution in [0.1, 0.15) is 18.5 Å². The molecule has 5 nitrogen and oxygen atoms in total. The van der Waals surface area contributed by atoms with Gasteiger partial charge in [-0.05, 0) is 19.1 Å². The molecule has 0 saturated heterocycles. The Labute approximate surface area is 125 Å². The Kier molecular flexibility index (Phi) is 4.40. The van der Waals surface area contributed by atoms with Gasteiger partial charge in [0.15, 0.2) is 11.6 Å². The zero-order chi connectivity index (χ0) is 15.6. The summed E-state index contributed by atoms with van der Waals surface area (Å²) in [4.78, 5) is 10.1. The summed E-state index contributed by atoms with van der Waals surface area (Å²) >= 11 is 5.79. The minimum atomic E-state index is -0.609. The predicted octanol–water partition coefficient (Wildman–Crippen LogP) is 4.20. The smallest absolute Gasteiger partial charge is 0.288 e. The first kappa shape index (κ1) is 15.2. The van der Waals surface area contributed by atoms with E-state index in [-0.39, 0.29) is 22.2 Å². The number of hydrogen-bond acceptors (Lipinski definition) is 4.